The maximum atomic E-state index is 12.8. The first-order chi connectivity index (χ1) is 12.1. The van der Waals surface area contributed by atoms with Crippen LogP contribution >= 0.6 is 11.8 Å². The highest BCUT2D eigenvalue weighted by Crippen LogP contribution is 2.35. The minimum atomic E-state index is -0.366. The minimum Gasteiger partial charge on any atom is -0.274 e. The highest BCUT2D eigenvalue weighted by atomic mass is 32.2. The fourth-order valence-corrected chi connectivity index (χ4v) is 4.17. The van der Waals surface area contributed by atoms with Crippen LogP contribution in [0.3, 0.4) is 0 Å². The predicted molar refractivity (Wildman–Crippen MR) is 102 cm³/mol. The van der Waals surface area contributed by atoms with Gasteiger partial charge in [-0.1, -0.05) is 48.0 Å². The third-order valence-electron chi connectivity index (χ3n) is 4.40. The Morgan fingerprint density at radius 1 is 0.920 bits per heavy atom. The third-order valence-corrected chi connectivity index (χ3v) is 5.58. The van der Waals surface area contributed by atoms with Gasteiger partial charge in [-0.2, -0.15) is 0 Å². The summed E-state index contributed by atoms with van der Waals surface area (Å²) < 4.78 is 0. The third kappa shape index (κ3) is 3.05. The molecule has 2 amide bonds. The van der Waals surface area contributed by atoms with Gasteiger partial charge in [0, 0.05) is 11.3 Å². The Bertz CT molecular complexity index is 965. The number of carbonyl (C=O) groups excluding carboxylic acids is 2. The number of aryl methyl sites for hydroxylation is 1. The van der Waals surface area contributed by atoms with Crippen molar-refractivity contribution in [2.75, 3.05) is 4.90 Å². The van der Waals surface area contributed by atoms with Gasteiger partial charge < -0.3 is 0 Å². The van der Waals surface area contributed by atoms with Gasteiger partial charge in [-0.05, 0) is 42.0 Å². The van der Waals surface area contributed by atoms with E-state index in [0.717, 1.165) is 15.8 Å². The molecule has 1 aliphatic rings. The number of thioether (sulfide) groups is 1. The van der Waals surface area contributed by atoms with E-state index >= 15 is 0 Å². The molecule has 1 aliphatic heterocycles. The number of carbonyl (C=O) groups is 2. The molecule has 1 saturated heterocycles. The zero-order valence-corrected chi connectivity index (χ0v) is 14.6. The zero-order chi connectivity index (χ0) is 17.4. The Hall–Kier alpha value is -2.59. The molecule has 0 aromatic heterocycles. The molecule has 3 aromatic carbocycles. The van der Waals surface area contributed by atoms with Crippen molar-refractivity contribution in [3.8, 4) is 0 Å². The van der Waals surface area contributed by atoms with Crippen molar-refractivity contribution in [1.29, 1.82) is 0 Å². The topological polar surface area (TPSA) is 37.4 Å². The van der Waals surface area contributed by atoms with Crippen molar-refractivity contribution in [2.45, 2.75) is 23.5 Å². The van der Waals surface area contributed by atoms with Gasteiger partial charge in [-0.25, -0.2) is 4.90 Å². The molecule has 3 aromatic rings. The van der Waals surface area contributed by atoms with Gasteiger partial charge in [-0.15, -0.1) is 11.8 Å². The van der Waals surface area contributed by atoms with Gasteiger partial charge in [0.25, 0.3) is 0 Å². The summed E-state index contributed by atoms with van der Waals surface area (Å²) in [4.78, 5) is 27.5. The van der Waals surface area contributed by atoms with Gasteiger partial charge in [0.2, 0.25) is 11.8 Å². The van der Waals surface area contributed by atoms with Crippen molar-refractivity contribution in [3.63, 3.8) is 0 Å². The lowest BCUT2D eigenvalue weighted by molar-refractivity contribution is -0.121. The molecule has 0 bridgehead atoms. The highest BCUT2D eigenvalue weighted by Gasteiger charge is 2.40. The molecular weight excluding hydrogens is 330 g/mol. The van der Waals surface area contributed by atoms with E-state index in [1.165, 1.54) is 22.0 Å². The number of hydrogen-bond donors (Lipinski definition) is 0. The fraction of sp³-hybridized carbons (Fsp3) is 0.143. The van der Waals surface area contributed by atoms with E-state index in [1.54, 1.807) is 0 Å². The average molecular weight is 347 g/mol. The monoisotopic (exact) mass is 347 g/mol. The molecular formula is C21H17NO2S. The van der Waals surface area contributed by atoms with Gasteiger partial charge >= 0.3 is 0 Å². The summed E-state index contributed by atoms with van der Waals surface area (Å²) in [5.74, 6) is -0.265. The van der Waals surface area contributed by atoms with Gasteiger partial charge in [-0.3, -0.25) is 9.59 Å². The van der Waals surface area contributed by atoms with Crippen LogP contribution in [0.2, 0.25) is 0 Å². The van der Waals surface area contributed by atoms with E-state index in [0.29, 0.717) is 5.69 Å². The Kier molecular flexibility index (Phi) is 4.06. The molecule has 4 rings (SSSR count). The maximum absolute atomic E-state index is 12.8. The first kappa shape index (κ1) is 15.9. The standard InChI is InChI=1S/C21H17NO2S/c1-14-6-9-17(10-7-14)22-20(23)13-19(21(22)24)25-18-11-8-15-4-2-3-5-16(15)12-18/h2-12,19H,13H2,1H3. The lowest BCUT2D eigenvalue weighted by Gasteiger charge is -2.15. The molecule has 1 unspecified atom stereocenters. The number of hydrogen-bond acceptors (Lipinski definition) is 3. The van der Waals surface area contributed by atoms with Crippen LogP contribution < -0.4 is 4.90 Å². The number of anilines is 1. The van der Waals surface area contributed by atoms with Gasteiger partial charge in [0.05, 0.1) is 10.9 Å². The smallest absolute Gasteiger partial charge is 0.247 e. The Morgan fingerprint density at radius 3 is 2.40 bits per heavy atom. The summed E-state index contributed by atoms with van der Waals surface area (Å²) >= 11 is 1.47. The maximum Gasteiger partial charge on any atom is 0.247 e. The highest BCUT2D eigenvalue weighted by molar-refractivity contribution is 8.00. The average Bonchev–Trinajstić information content (AvgIpc) is 2.89. The van der Waals surface area contributed by atoms with E-state index in [9.17, 15) is 9.59 Å². The molecule has 0 saturated carbocycles. The number of benzene rings is 3. The lowest BCUT2D eigenvalue weighted by Crippen LogP contribution is -2.31. The van der Waals surface area contributed by atoms with Crippen LogP contribution in [0.5, 0.6) is 0 Å². The molecule has 25 heavy (non-hydrogen) atoms. The Labute approximate surface area is 150 Å². The molecule has 0 radical (unpaired) electrons. The molecule has 0 N–H and O–H groups in total. The molecule has 124 valence electrons. The van der Waals surface area contributed by atoms with Crippen LogP contribution in [0.15, 0.2) is 71.6 Å². The summed E-state index contributed by atoms with van der Waals surface area (Å²) in [6.07, 6.45) is 0.240. The van der Waals surface area contributed by atoms with E-state index < -0.39 is 0 Å². The summed E-state index contributed by atoms with van der Waals surface area (Å²) in [6, 6.07) is 21.8. The van der Waals surface area contributed by atoms with Gasteiger partial charge in [0.15, 0.2) is 0 Å². The first-order valence-corrected chi connectivity index (χ1v) is 9.09. The molecule has 0 spiro atoms. The number of amides is 2. The van der Waals surface area contributed by atoms with Gasteiger partial charge in [0.1, 0.15) is 0 Å². The molecule has 1 atom stereocenters. The van der Waals surface area contributed by atoms with Crippen molar-refractivity contribution < 1.29 is 9.59 Å². The summed E-state index contributed by atoms with van der Waals surface area (Å²) in [5, 5.41) is 1.94. The quantitative estimate of drug-likeness (QED) is 0.651. The Balaban J connectivity index is 1.57. The van der Waals surface area contributed by atoms with Crippen LogP contribution in [-0.4, -0.2) is 17.1 Å². The van der Waals surface area contributed by atoms with Crippen molar-refractivity contribution >= 4 is 40.0 Å². The zero-order valence-electron chi connectivity index (χ0n) is 13.8. The molecule has 1 fully saturated rings. The van der Waals surface area contributed by atoms with Crippen molar-refractivity contribution in [2.24, 2.45) is 0 Å². The Morgan fingerprint density at radius 2 is 1.64 bits per heavy atom. The molecule has 3 nitrogen and oxygen atoms in total. The fourth-order valence-electron chi connectivity index (χ4n) is 3.07. The second-order valence-electron chi connectivity index (χ2n) is 6.22. The summed E-state index contributed by atoms with van der Waals surface area (Å²) in [6.45, 7) is 1.98. The van der Waals surface area contributed by atoms with E-state index in [2.05, 4.69) is 24.3 Å². The second kappa shape index (κ2) is 6.37. The largest absolute Gasteiger partial charge is 0.274 e. The number of nitrogens with zero attached hydrogens (tertiary/aromatic N) is 1. The first-order valence-electron chi connectivity index (χ1n) is 8.21. The SMILES string of the molecule is Cc1ccc(N2C(=O)CC(Sc3ccc4ccccc4c3)C2=O)cc1. The second-order valence-corrected chi connectivity index (χ2v) is 7.50. The van der Waals surface area contributed by atoms with Crippen LogP contribution in [0.25, 0.3) is 10.8 Å². The molecule has 0 aliphatic carbocycles. The summed E-state index contributed by atoms with van der Waals surface area (Å²) in [7, 11) is 0. The number of imide groups is 1. The van der Waals surface area contributed by atoms with Crippen LogP contribution in [0, 0.1) is 6.92 Å². The minimum absolute atomic E-state index is 0.132. The van der Waals surface area contributed by atoms with Crippen LogP contribution in [0.4, 0.5) is 5.69 Å². The molecule has 1 heterocycles. The van der Waals surface area contributed by atoms with Crippen molar-refractivity contribution in [3.05, 3.63) is 72.3 Å². The van der Waals surface area contributed by atoms with E-state index in [4.69, 9.17) is 0 Å². The number of rotatable bonds is 3. The van der Waals surface area contributed by atoms with E-state index in [-0.39, 0.29) is 23.5 Å². The van der Waals surface area contributed by atoms with Crippen LogP contribution in [-0.2, 0) is 9.59 Å². The van der Waals surface area contributed by atoms with E-state index in [1.807, 2.05) is 49.4 Å². The lowest BCUT2D eigenvalue weighted by atomic mass is 10.1. The molecule has 4 heteroatoms. The predicted octanol–water partition coefficient (Wildman–Crippen LogP) is 4.57. The van der Waals surface area contributed by atoms with Crippen molar-refractivity contribution in [1.82, 2.24) is 0 Å². The number of fused-ring (bicyclic) bond motifs is 1. The van der Waals surface area contributed by atoms with Crippen LogP contribution in [0.1, 0.15) is 12.0 Å². The summed E-state index contributed by atoms with van der Waals surface area (Å²) in [5.41, 5.74) is 1.76. The normalized spacial score (nSPS) is 17.5.